The molecule has 4 fully saturated rings. The standard InChI is InChI=1S/C40H51N7O8/c1-24-21-32-39(53)55-26(3)33(44-34(48)29(22-27-13-6-4-7-14-27)43-40(54)42-28-15-8-5-9-16-28)38(52)46-20-12-18-31(46)37(51)45-19-11-10-17-30(45)35(49)41-25(2)36(50)47(32)23-24/h4-9,13-16,24-26,29-33H,10-12,17-23H2,1-3H3,(H,41,49)(H,44,48)(H2,42,43,54)/t24-,25-,26-,29-,30-,31-,32-,33-/m0/s1. The third-order valence-electron chi connectivity index (χ3n) is 11.0. The summed E-state index contributed by atoms with van der Waals surface area (Å²) in [6, 6.07) is 10.8. The van der Waals surface area contributed by atoms with Crippen molar-refractivity contribution in [1.82, 2.24) is 30.7 Å². The van der Waals surface area contributed by atoms with Crippen molar-refractivity contribution in [1.29, 1.82) is 0 Å². The zero-order valence-corrected chi connectivity index (χ0v) is 31.6. The molecule has 0 saturated carbocycles. The Morgan fingerprint density at radius 2 is 1.44 bits per heavy atom. The number of hydrogen-bond acceptors (Lipinski definition) is 8. The summed E-state index contributed by atoms with van der Waals surface area (Å²) in [5.41, 5.74) is 1.25. The van der Waals surface area contributed by atoms with Crippen LogP contribution in [0.1, 0.15) is 64.9 Å². The molecular weight excluding hydrogens is 706 g/mol. The first-order chi connectivity index (χ1) is 26.4. The molecule has 0 unspecified atom stereocenters. The number of cyclic esters (lactones) is 1. The van der Waals surface area contributed by atoms with Crippen molar-refractivity contribution in [3.05, 3.63) is 66.2 Å². The molecule has 4 N–H and O–H groups in total. The predicted molar refractivity (Wildman–Crippen MR) is 201 cm³/mol. The van der Waals surface area contributed by atoms with Gasteiger partial charge in [-0.3, -0.25) is 24.0 Å². The molecule has 6 rings (SSSR count). The number of urea groups is 1. The normalized spacial score (nSPS) is 28.3. The van der Waals surface area contributed by atoms with Gasteiger partial charge in [0, 0.05) is 31.7 Å². The third-order valence-corrected chi connectivity index (χ3v) is 11.0. The molecule has 55 heavy (non-hydrogen) atoms. The van der Waals surface area contributed by atoms with Gasteiger partial charge >= 0.3 is 12.0 Å². The molecule has 0 aliphatic carbocycles. The highest BCUT2D eigenvalue weighted by Crippen LogP contribution is 2.29. The summed E-state index contributed by atoms with van der Waals surface area (Å²) in [6.45, 7) is 5.74. The molecule has 4 heterocycles. The number of fused-ring (bicyclic) bond motifs is 3. The molecule has 15 nitrogen and oxygen atoms in total. The number of nitrogens with one attached hydrogen (secondary N) is 4. The lowest BCUT2D eigenvalue weighted by Gasteiger charge is -2.39. The van der Waals surface area contributed by atoms with Gasteiger partial charge in [-0.25, -0.2) is 9.59 Å². The smallest absolute Gasteiger partial charge is 0.329 e. The highest BCUT2D eigenvalue weighted by Gasteiger charge is 2.47. The SMILES string of the molecule is C[C@H]1C[C@H]2C(=O)O[C@@H](C)[C@H](NC(=O)[C@H](Cc3ccccc3)NC(=O)Nc3ccccc3)C(=O)N3CCC[C@H]3C(=O)N3CCCC[C@H]3C(=O)N[C@@H](C)C(=O)N2C1. The number of piperidine rings is 1. The maximum Gasteiger partial charge on any atom is 0.329 e. The Labute approximate surface area is 320 Å². The van der Waals surface area contributed by atoms with Gasteiger partial charge in [-0.15, -0.1) is 0 Å². The lowest BCUT2D eigenvalue weighted by atomic mass is 9.99. The van der Waals surface area contributed by atoms with Crippen LogP contribution < -0.4 is 21.3 Å². The monoisotopic (exact) mass is 757 g/mol. The number of benzene rings is 2. The number of hydrogen-bond donors (Lipinski definition) is 4. The number of rotatable bonds is 6. The van der Waals surface area contributed by atoms with Crippen LogP contribution in [0.4, 0.5) is 10.5 Å². The molecule has 8 atom stereocenters. The van der Waals surface area contributed by atoms with Crippen molar-refractivity contribution in [3.63, 3.8) is 0 Å². The van der Waals surface area contributed by atoms with E-state index in [-0.39, 0.29) is 31.3 Å². The quantitative estimate of drug-likeness (QED) is 0.322. The van der Waals surface area contributed by atoms with Gasteiger partial charge in [0.1, 0.15) is 42.4 Å². The average Bonchev–Trinajstić information content (AvgIpc) is 3.83. The Kier molecular flexibility index (Phi) is 12.4. The number of carbonyl (C=O) groups is 7. The molecule has 0 spiro atoms. The van der Waals surface area contributed by atoms with Crippen LogP contribution in [-0.4, -0.2) is 118 Å². The molecule has 7 amide bonds. The molecule has 0 bridgehead atoms. The molecule has 4 aliphatic heterocycles. The van der Waals surface area contributed by atoms with Gasteiger partial charge in [-0.05, 0) is 76.0 Å². The summed E-state index contributed by atoms with van der Waals surface area (Å²) < 4.78 is 5.94. The van der Waals surface area contributed by atoms with Crippen LogP contribution in [0.2, 0.25) is 0 Å². The van der Waals surface area contributed by atoms with Crippen molar-refractivity contribution in [3.8, 4) is 0 Å². The number of amides is 7. The van der Waals surface area contributed by atoms with Crippen molar-refractivity contribution >= 4 is 47.2 Å². The van der Waals surface area contributed by atoms with Crippen LogP contribution in [0.15, 0.2) is 60.7 Å². The van der Waals surface area contributed by atoms with Crippen molar-refractivity contribution < 1.29 is 38.3 Å². The van der Waals surface area contributed by atoms with E-state index in [0.29, 0.717) is 50.8 Å². The molecule has 15 heteroatoms. The summed E-state index contributed by atoms with van der Waals surface area (Å²) in [5, 5.41) is 11.0. The van der Waals surface area contributed by atoms with Gasteiger partial charge in [0.25, 0.3) is 0 Å². The Hall–Kier alpha value is -5.47. The Balaban J connectivity index is 1.32. The van der Waals surface area contributed by atoms with Crippen LogP contribution in [0.5, 0.6) is 0 Å². The van der Waals surface area contributed by atoms with Gasteiger partial charge in [-0.1, -0.05) is 55.5 Å². The zero-order valence-electron chi connectivity index (χ0n) is 31.6. The number of carbonyl (C=O) groups excluding carboxylic acids is 7. The highest BCUT2D eigenvalue weighted by molar-refractivity contribution is 5.98. The van der Waals surface area contributed by atoms with Gasteiger partial charge < -0.3 is 40.7 Å². The van der Waals surface area contributed by atoms with Crippen molar-refractivity contribution in [2.75, 3.05) is 25.0 Å². The maximum atomic E-state index is 14.7. The second-order valence-corrected chi connectivity index (χ2v) is 15.1. The summed E-state index contributed by atoms with van der Waals surface area (Å²) >= 11 is 0. The molecule has 294 valence electrons. The number of ether oxygens (including phenoxy) is 1. The minimum atomic E-state index is -1.46. The summed E-state index contributed by atoms with van der Waals surface area (Å²) in [6.07, 6.45) is 1.77. The van der Waals surface area contributed by atoms with Crippen LogP contribution in [-0.2, 0) is 39.9 Å². The van der Waals surface area contributed by atoms with Gasteiger partial charge in [0.15, 0.2) is 0 Å². The lowest BCUT2D eigenvalue weighted by molar-refractivity contribution is -0.163. The number of anilines is 1. The topological polar surface area (TPSA) is 187 Å². The third kappa shape index (κ3) is 9.09. The van der Waals surface area contributed by atoms with E-state index >= 15 is 0 Å². The van der Waals surface area contributed by atoms with E-state index in [2.05, 4.69) is 21.3 Å². The second-order valence-electron chi connectivity index (χ2n) is 15.1. The fourth-order valence-corrected chi connectivity index (χ4v) is 8.13. The molecule has 0 radical (unpaired) electrons. The van der Waals surface area contributed by atoms with Crippen LogP contribution in [0.25, 0.3) is 0 Å². The fraction of sp³-hybridized carbons (Fsp3) is 0.525. The zero-order chi connectivity index (χ0) is 39.2. The van der Waals surface area contributed by atoms with E-state index in [1.165, 1.54) is 21.6 Å². The molecular formula is C40H51N7O8. The largest absolute Gasteiger partial charge is 0.458 e. The van der Waals surface area contributed by atoms with E-state index in [1.807, 2.05) is 25.1 Å². The number of nitrogens with zero attached hydrogens (tertiary/aromatic N) is 3. The van der Waals surface area contributed by atoms with Crippen LogP contribution in [0, 0.1) is 5.92 Å². The van der Waals surface area contributed by atoms with E-state index in [9.17, 15) is 33.6 Å². The predicted octanol–water partition coefficient (Wildman–Crippen LogP) is 1.96. The molecule has 0 aromatic heterocycles. The van der Waals surface area contributed by atoms with Crippen LogP contribution >= 0.6 is 0 Å². The highest BCUT2D eigenvalue weighted by atomic mass is 16.5. The number of esters is 1. The summed E-state index contributed by atoms with van der Waals surface area (Å²) in [7, 11) is 0. The first kappa shape index (κ1) is 39.2. The molecule has 2 aromatic rings. The lowest BCUT2D eigenvalue weighted by Crippen LogP contribution is -2.63. The van der Waals surface area contributed by atoms with Gasteiger partial charge in [-0.2, -0.15) is 0 Å². The second kappa shape index (κ2) is 17.3. The van der Waals surface area contributed by atoms with Crippen LogP contribution in [0.3, 0.4) is 0 Å². The van der Waals surface area contributed by atoms with E-state index in [0.717, 1.165) is 5.56 Å². The van der Waals surface area contributed by atoms with E-state index in [1.54, 1.807) is 49.4 Å². The minimum Gasteiger partial charge on any atom is -0.458 e. The van der Waals surface area contributed by atoms with Crippen molar-refractivity contribution in [2.45, 2.75) is 108 Å². The molecule has 2 aromatic carbocycles. The van der Waals surface area contributed by atoms with E-state index in [4.69, 9.17) is 4.74 Å². The number of para-hydroxylation sites is 1. The maximum absolute atomic E-state index is 14.7. The van der Waals surface area contributed by atoms with E-state index < -0.39 is 78.0 Å². The summed E-state index contributed by atoms with van der Waals surface area (Å²) in [5.74, 6) is -3.46. The Morgan fingerprint density at radius 3 is 2.16 bits per heavy atom. The Bertz CT molecular complexity index is 1760. The first-order valence-electron chi connectivity index (χ1n) is 19.3. The molecule has 4 saturated heterocycles. The van der Waals surface area contributed by atoms with Gasteiger partial charge in [0.05, 0.1) is 0 Å². The fourth-order valence-electron chi connectivity index (χ4n) is 8.13. The molecule has 4 aliphatic rings. The van der Waals surface area contributed by atoms with Gasteiger partial charge in [0.2, 0.25) is 29.5 Å². The summed E-state index contributed by atoms with van der Waals surface area (Å²) in [4.78, 5) is 102. The Morgan fingerprint density at radius 1 is 0.782 bits per heavy atom. The van der Waals surface area contributed by atoms with Crippen molar-refractivity contribution in [2.24, 2.45) is 5.92 Å². The first-order valence-corrected chi connectivity index (χ1v) is 19.3. The minimum absolute atomic E-state index is 0.0532. The average molecular weight is 758 g/mol.